The van der Waals surface area contributed by atoms with Gasteiger partial charge in [-0.05, 0) is 106 Å². The van der Waals surface area contributed by atoms with Gasteiger partial charge in [0.2, 0.25) is 5.91 Å². The summed E-state index contributed by atoms with van der Waals surface area (Å²) in [4.78, 5) is 29.4. The minimum Gasteiger partial charge on any atom is -0.497 e. The lowest BCUT2D eigenvalue weighted by molar-refractivity contribution is -0.153. The molecular formula is C34H43N3O4. The van der Waals surface area contributed by atoms with Crippen molar-refractivity contribution in [1.82, 2.24) is 14.7 Å². The Morgan fingerprint density at radius 3 is 2.44 bits per heavy atom. The molecule has 0 N–H and O–H groups in total. The predicted octanol–water partition coefficient (Wildman–Crippen LogP) is 6.90. The van der Waals surface area contributed by atoms with Crippen LogP contribution in [0.1, 0.15) is 83.3 Å². The summed E-state index contributed by atoms with van der Waals surface area (Å²) in [6.45, 7) is 7.15. The number of amides is 1. The number of hydrogen-bond acceptors (Lipinski definition) is 5. The van der Waals surface area contributed by atoms with Crippen LogP contribution in [0.15, 0.2) is 48.7 Å². The molecule has 1 saturated heterocycles. The van der Waals surface area contributed by atoms with Gasteiger partial charge in [0, 0.05) is 18.5 Å². The van der Waals surface area contributed by atoms with Crippen LogP contribution in [0.5, 0.6) is 5.75 Å². The number of nitrogens with zero attached hydrogens (tertiary/aromatic N) is 3. The number of aromatic nitrogens is 2. The van der Waals surface area contributed by atoms with Crippen molar-refractivity contribution in [2.75, 3.05) is 20.2 Å². The van der Waals surface area contributed by atoms with Gasteiger partial charge in [0.25, 0.3) is 0 Å². The lowest BCUT2D eigenvalue weighted by Gasteiger charge is -2.61. The van der Waals surface area contributed by atoms with E-state index >= 15 is 0 Å². The topological polar surface area (TPSA) is 73.7 Å². The van der Waals surface area contributed by atoms with Crippen molar-refractivity contribution >= 4 is 22.9 Å². The summed E-state index contributed by atoms with van der Waals surface area (Å²) in [5.74, 6) is 1.48. The molecule has 3 aliphatic rings. The first-order valence-corrected chi connectivity index (χ1v) is 15.2. The van der Waals surface area contributed by atoms with Gasteiger partial charge in [-0.25, -0.2) is 4.79 Å². The first-order valence-electron chi connectivity index (χ1n) is 15.2. The highest BCUT2D eigenvalue weighted by Crippen LogP contribution is 2.65. The van der Waals surface area contributed by atoms with Gasteiger partial charge < -0.3 is 14.4 Å². The second kappa shape index (κ2) is 10.5. The summed E-state index contributed by atoms with van der Waals surface area (Å²) < 4.78 is 12.3. The summed E-state index contributed by atoms with van der Waals surface area (Å²) in [6, 6.07) is 14.3. The van der Waals surface area contributed by atoms with Crippen molar-refractivity contribution < 1.29 is 19.1 Å². The first kappa shape index (κ1) is 27.8. The molecule has 3 aromatic rings. The molecule has 1 aliphatic heterocycles. The molecule has 1 unspecified atom stereocenters. The molecule has 2 aliphatic carbocycles. The van der Waals surface area contributed by atoms with Crippen molar-refractivity contribution in [3.63, 3.8) is 0 Å². The molecule has 2 heterocycles. The lowest BCUT2D eigenvalue weighted by atomic mass is 9.43. The largest absolute Gasteiger partial charge is 0.497 e. The molecule has 7 nitrogen and oxygen atoms in total. The van der Waals surface area contributed by atoms with Crippen molar-refractivity contribution in [2.45, 2.75) is 89.6 Å². The summed E-state index contributed by atoms with van der Waals surface area (Å²) in [6.07, 6.45) is 11.1. The number of methoxy groups -OCH3 is 1. The first-order chi connectivity index (χ1) is 19.6. The number of carbonyl (C=O) groups excluding carboxylic acids is 2. The predicted molar refractivity (Wildman–Crippen MR) is 159 cm³/mol. The van der Waals surface area contributed by atoms with Gasteiger partial charge in [-0.1, -0.05) is 37.1 Å². The van der Waals surface area contributed by atoms with E-state index in [4.69, 9.17) is 9.47 Å². The zero-order chi connectivity index (χ0) is 28.8. The maximum Gasteiger partial charge on any atom is 0.435 e. The molecule has 3 fully saturated rings. The molecule has 1 spiro atoms. The van der Waals surface area contributed by atoms with Crippen molar-refractivity contribution in [1.29, 1.82) is 0 Å². The fourth-order valence-corrected chi connectivity index (χ4v) is 7.58. The van der Waals surface area contributed by atoms with Crippen LogP contribution in [-0.2, 0) is 21.4 Å². The number of likely N-dealkylation sites (tertiary alicyclic amines) is 1. The van der Waals surface area contributed by atoms with Gasteiger partial charge in [0.1, 0.15) is 11.4 Å². The van der Waals surface area contributed by atoms with E-state index in [1.807, 2.05) is 45.0 Å². The van der Waals surface area contributed by atoms with Crippen LogP contribution in [0.3, 0.4) is 0 Å². The van der Waals surface area contributed by atoms with E-state index in [2.05, 4.69) is 28.2 Å². The fraction of sp³-hybridized carbons (Fsp3) is 0.559. The Hall–Kier alpha value is -3.35. The van der Waals surface area contributed by atoms with E-state index in [-0.39, 0.29) is 0 Å². The SMILES string of the molecule is COc1ccc(C2(C(=O)N3CCCCC(Cc4cccc5c4cnn5C(=O)OC(C)(C)C)C3)CC3(CCC3)C2)cc1. The van der Waals surface area contributed by atoms with Crippen LogP contribution in [0, 0.1) is 11.3 Å². The number of carbonyl (C=O) groups is 2. The zero-order valence-corrected chi connectivity index (χ0v) is 24.9. The highest BCUT2D eigenvalue weighted by atomic mass is 16.6. The highest BCUT2D eigenvalue weighted by molar-refractivity contribution is 5.91. The molecular weight excluding hydrogens is 514 g/mol. The number of rotatable bonds is 5. The molecule has 0 radical (unpaired) electrons. The number of benzene rings is 2. The highest BCUT2D eigenvalue weighted by Gasteiger charge is 2.62. The molecule has 7 heteroatoms. The van der Waals surface area contributed by atoms with Crippen molar-refractivity contribution in [3.05, 3.63) is 59.8 Å². The summed E-state index contributed by atoms with van der Waals surface area (Å²) in [5.41, 5.74) is 2.42. The maximum absolute atomic E-state index is 14.5. The summed E-state index contributed by atoms with van der Waals surface area (Å²) in [5, 5.41) is 5.36. The zero-order valence-electron chi connectivity index (χ0n) is 24.9. The van der Waals surface area contributed by atoms with Crippen molar-refractivity contribution in [3.8, 4) is 5.75 Å². The number of fused-ring (bicyclic) bond motifs is 1. The molecule has 1 atom stereocenters. The van der Waals surface area contributed by atoms with Gasteiger partial charge in [-0.3, -0.25) is 4.79 Å². The quantitative estimate of drug-likeness (QED) is 0.341. The lowest BCUT2D eigenvalue weighted by Crippen LogP contribution is -2.61. The van der Waals surface area contributed by atoms with E-state index in [1.54, 1.807) is 13.3 Å². The number of hydrogen-bond donors (Lipinski definition) is 0. The molecule has 218 valence electrons. The minimum atomic E-state index is -0.592. The van der Waals surface area contributed by atoms with Crippen LogP contribution in [-0.4, -0.2) is 52.5 Å². The van der Waals surface area contributed by atoms with Crippen molar-refractivity contribution in [2.24, 2.45) is 11.3 Å². The second-order valence-electron chi connectivity index (χ2n) is 13.7. The number of ether oxygens (including phenoxy) is 2. The molecule has 1 aromatic heterocycles. The Kier molecular flexibility index (Phi) is 7.11. The van der Waals surface area contributed by atoms with Gasteiger partial charge in [0.15, 0.2) is 0 Å². The van der Waals surface area contributed by atoms with Crippen LogP contribution >= 0.6 is 0 Å². The molecule has 41 heavy (non-hydrogen) atoms. The molecule has 2 saturated carbocycles. The van der Waals surface area contributed by atoms with Crippen LogP contribution in [0.25, 0.3) is 10.9 Å². The molecule has 2 aromatic carbocycles. The van der Waals surface area contributed by atoms with Gasteiger partial charge in [-0.2, -0.15) is 9.78 Å². The van der Waals surface area contributed by atoms with Crippen LogP contribution in [0.2, 0.25) is 0 Å². The van der Waals surface area contributed by atoms with Gasteiger partial charge in [-0.15, -0.1) is 0 Å². The minimum absolute atomic E-state index is 0.308. The second-order valence-corrected chi connectivity index (χ2v) is 13.7. The van der Waals surface area contributed by atoms with E-state index in [9.17, 15) is 9.59 Å². The average Bonchev–Trinajstić information content (AvgIpc) is 3.20. The normalized spacial score (nSPS) is 21.6. The van der Waals surface area contributed by atoms with Gasteiger partial charge >= 0.3 is 6.09 Å². The Bertz CT molecular complexity index is 1420. The summed E-state index contributed by atoms with van der Waals surface area (Å²) in [7, 11) is 1.68. The molecule has 1 amide bonds. The van der Waals surface area contributed by atoms with Crippen LogP contribution in [0.4, 0.5) is 4.79 Å². The monoisotopic (exact) mass is 557 g/mol. The smallest absolute Gasteiger partial charge is 0.435 e. The van der Waals surface area contributed by atoms with E-state index in [1.165, 1.54) is 29.5 Å². The Morgan fingerprint density at radius 2 is 1.78 bits per heavy atom. The third-order valence-electron chi connectivity index (χ3n) is 9.65. The molecule has 0 bridgehead atoms. The third-order valence-corrected chi connectivity index (χ3v) is 9.65. The van der Waals surface area contributed by atoms with Crippen LogP contribution < -0.4 is 4.74 Å². The standard InChI is InChI=1S/C34H43N3O4/c1-32(2,3)41-31(39)37-29-11-7-10-25(28(29)20-35-37)19-24-9-5-6-18-36(21-24)30(38)34(22-33(23-34)16-8-17-33)26-12-14-27(40-4)15-13-26/h7,10-15,20,24H,5-6,8-9,16-19,21-23H2,1-4H3. The fourth-order valence-electron chi connectivity index (χ4n) is 7.58. The maximum atomic E-state index is 14.5. The Morgan fingerprint density at radius 1 is 1.02 bits per heavy atom. The molecule has 6 rings (SSSR count). The average molecular weight is 558 g/mol. The van der Waals surface area contributed by atoms with E-state index in [0.29, 0.717) is 17.2 Å². The van der Waals surface area contributed by atoms with Gasteiger partial charge in [0.05, 0.1) is 24.2 Å². The Balaban J connectivity index is 1.22. The van der Waals surface area contributed by atoms with E-state index in [0.717, 1.165) is 73.8 Å². The Labute approximate surface area is 243 Å². The van der Waals surface area contributed by atoms with E-state index < -0.39 is 17.1 Å². The summed E-state index contributed by atoms with van der Waals surface area (Å²) >= 11 is 0. The third kappa shape index (κ3) is 5.24.